The first-order chi connectivity index (χ1) is 12.4. The third-order valence-corrected chi connectivity index (χ3v) is 8.84. The fraction of sp³-hybridized carbons (Fsp3) is 0.800. The van der Waals surface area contributed by atoms with Gasteiger partial charge in [-0.15, -0.1) is 0 Å². The monoisotopic (exact) mass is 405 g/mol. The van der Waals surface area contributed by atoms with Gasteiger partial charge in [0.2, 0.25) is 10.0 Å². The van der Waals surface area contributed by atoms with Crippen molar-refractivity contribution >= 4 is 20.2 Å². The number of aromatic nitrogens is 2. The smallest absolute Gasteiger partial charge is 0.272 e. The Bertz CT molecular complexity index is 815. The summed E-state index contributed by atoms with van der Waals surface area (Å²) in [5.41, 5.74) is 0. The minimum atomic E-state index is -3.65. The number of nitrogens with zero attached hydrogens (tertiary/aromatic N) is 5. The second kappa shape index (κ2) is 7.93. The third-order valence-electron chi connectivity index (χ3n) is 4.95. The van der Waals surface area contributed by atoms with Gasteiger partial charge in [0, 0.05) is 52.0 Å². The zero-order valence-corrected chi connectivity index (χ0v) is 16.8. The minimum absolute atomic E-state index is 0.159. The normalized spacial score (nSPS) is 22.3. The molecule has 2 fully saturated rings. The van der Waals surface area contributed by atoms with Crippen molar-refractivity contribution in [3.63, 3.8) is 0 Å². The molecule has 0 saturated carbocycles. The standard InChI is InChI=1S/C15H27N5O4S2/c1-2-17-14-15(13-16-17)25(21,22)18-9-6-10-20(12-11-18)26(23,24)19-7-4-3-5-8-19/h13-14H,2-12H2,1H3. The van der Waals surface area contributed by atoms with Crippen molar-refractivity contribution in [3.8, 4) is 0 Å². The lowest BCUT2D eigenvalue weighted by molar-refractivity contribution is 0.305. The molecule has 0 radical (unpaired) electrons. The highest BCUT2D eigenvalue weighted by Crippen LogP contribution is 2.21. The summed E-state index contributed by atoms with van der Waals surface area (Å²) in [5.74, 6) is 0. The number of hydrogen-bond acceptors (Lipinski definition) is 5. The fourth-order valence-corrected chi connectivity index (χ4v) is 6.54. The fourth-order valence-electron chi connectivity index (χ4n) is 3.40. The highest BCUT2D eigenvalue weighted by atomic mass is 32.2. The summed E-state index contributed by atoms with van der Waals surface area (Å²) in [7, 11) is -7.17. The lowest BCUT2D eigenvalue weighted by Gasteiger charge is -2.31. The Morgan fingerprint density at radius 1 is 0.846 bits per heavy atom. The van der Waals surface area contributed by atoms with Crippen LogP contribution in [0.5, 0.6) is 0 Å². The van der Waals surface area contributed by atoms with Crippen LogP contribution in [0.4, 0.5) is 0 Å². The van der Waals surface area contributed by atoms with Gasteiger partial charge in [-0.2, -0.15) is 26.4 Å². The highest BCUT2D eigenvalue weighted by Gasteiger charge is 2.34. The summed E-state index contributed by atoms with van der Waals surface area (Å²) in [6, 6.07) is 0. The average molecular weight is 406 g/mol. The van der Waals surface area contributed by atoms with Gasteiger partial charge in [0.05, 0.1) is 6.20 Å². The molecule has 1 aromatic rings. The molecule has 0 atom stereocenters. The van der Waals surface area contributed by atoms with Gasteiger partial charge in [-0.25, -0.2) is 8.42 Å². The molecule has 2 aliphatic heterocycles. The van der Waals surface area contributed by atoms with Gasteiger partial charge in [0.25, 0.3) is 10.2 Å². The van der Waals surface area contributed by atoms with Crippen molar-refractivity contribution in [2.24, 2.45) is 0 Å². The van der Waals surface area contributed by atoms with E-state index in [0.29, 0.717) is 39.1 Å². The molecule has 3 rings (SSSR count). The number of sulfonamides is 1. The Morgan fingerprint density at radius 2 is 1.42 bits per heavy atom. The van der Waals surface area contributed by atoms with Crippen molar-refractivity contribution in [1.29, 1.82) is 0 Å². The first-order valence-corrected chi connectivity index (χ1v) is 12.0. The van der Waals surface area contributed by atoms with Crippen molar-refractivity contribution in [3.05, 3.63) is 12.4 Å². The van der Waals surface area contributed by atoms with Crippen LogP contribution in [0.15, 0.2) is 17.3 Å². The Morgan fingerprint density at radius 3 is 2.08 bits per heavy atom. The lowest BCUT2D eigenvalue weighted by Crippen LogP contribution is -2.47. The van der Waals surface area contributed by atoms with Gasteiger partial charge in [0.1, 0.15) is 4.90 Å². The van der Waals surface area contributed by atoms with Gasteiger partial charge in [-0.05, 0) is 26.2 Å². The second-order valence-electron chi connectivity index (χ2n) is 6.66. The molecule has 26 heavy (non-hydrogen) atoms. The number of hydrogen-bond donors (Lipinski definition) is 0. The largest absolute Gasteiger partial charge is 0.282 e. The maximum absolute atomic E-state index is 12.8. The Balaban J connectivity index is 1.71. The molecule has 0 N–H and O–H groups in total. The van der Waals surface area contributed by atoms with E-state index in [-0.39, 0.29) is 18.0 Å². The van der Waals surface area contributed by atoms with Crippen LogP contribution in [0.1, 0.15) is 32.6 Å². The van der Waals surface area contributed by atoms with Crippen molar-refractivity contribution in [1.82, 2.24) is 22.7 Å². The van der Waals surface area contributed by atoms with Crippen LogP contribution in [0.3, 0.4) is 0 Å². The minimum Gasteiger partial charge on any atom is -0.272 e. The Kier molecular flexibility index (Phi) is 6.02. The SMILES string of the molecule is CCn1cc(S(=O)(=O)N2CCCN(S(=O)(=O)N3CCCCC3)CC2)cn1. The van der Waals surface area contributed by atoms with Gasteiger partial charge in [-0.1, -0.05) is 6.42 Å². The predicted octanol–water partition coefficient (Wildman–Crippen LogP) is 0.330. The summed E-state index contributed by atoms with van der Waals surface area (Å²) in [6.07, 6.45) is 6.18. The first kappa shape index (κ1) is 19.7. The van der Waals surface area contributed by atoms with E-state index in [1.165, 1.54) is 25.3 Å². The predicted molar refractivity (Wildman–Crippen MR) is 97.2 cm³/mol. The zero-order chi connectivity index (χ0) is 18.8. The molecule has 148 valence electrons. The van der Waals surface area contributed by atoms with E-state index in [9.17, 15) is 16.8 Å². The van der Waals surface area contributed by atoms with Gasteiger partial charge in [0.15, 0.2) is 0 Å². The third kappa shape index (κ3) is 3.96. The first-order valence-electron chi connectivity index (χ1n) is 9.13. The number of aryl methyl sites for hydroxylation is 1. The molecule has 1 aromatic heterocycles. The van der Waals surface area contributed by atoms with E-state index in [1.54, 1.807) is 4.68 Å². The van der Waals surface area contributed by atoms with Crippen LogP contribution in [0.25, 0.3) is 0 Å². The highest BCUT2D eigenvalue weighted by molar-refractivity contribution is 7.89. The zero-order valence-electron chi connectivity index (χ0n) is 15.1. The molecule has 11 heteroatoms. The molecule has 0 aliphatic carbocycles. The molecule has 2 saturated heterocycles. The maximum atomic E-state index is 12.8. The Hall–Kier alpha value is -1.01. The van der Waals surface area contributed by atoms with Crippen molar-refractivity contribution in [2.45, 2.75) is 44.0 Å². The van der Waals surface area contributed by atoms with Gasteiger partial charge >= 0.3 is 0 Å². The molecule has 2 aliphatic rings. The maximum Gasteiger partial charge on any atom is 0.282 e. The van der Waals surface area contributed by atoms with Crippen molar-refractivity contribution in [2.75, 3.05) is 39.3 Å². The topological polar surface area (TPSA) is 95.8 Å². The van der Waals surface area contributed by atoms with E-state index < -0.39 is 20.2 Å². The summed E-state index contributed by atoms with van der Waals surface area (Å²) in [6.45, 7) is 4.58. The van der Waals surface area contributed by atoms with Crippen LogP contribution < -0.4 is 0 Å². The van der Waals surface area contributed by atoms with E-state index >= 15 is 0 Å². The summed E-state index contributed by atoms with van der Waals surface area (Å²) < 4.78 is 57.2. The lowest BCUT2D eigenvalue weighted by atomic mass is 10.2. The molecule has 0 spiro atoms. The van der Waals surface area contributed by atoms with Crippen molar-refractivity contribution < 1.29 is 16.8 Å². The second-order valence-corrected chi connectivity index (χ2v) is 10.5. The molecular weight excluding hydrogens is 378 g/mol. The van der Waals surface area contributed by atoms with Crippen LogP contribution >= 0.6 is 0 Å². The van der Waals surface area contributed by atoms with Crippen LogP contribution in [0.2, 0.25) is 0 Å². The summed E-state index contributed by atoms with van der Waals surface area (Å²) >= 11 is 0. The number of rotatable bonds is 5. The molecule has 0 bridgehead atoms. The van der Waals surface area contributed by atoms with Gasteiger partial charge in [-0.3, -0.25) is 4.68 Å². The molecular formula is C15H27N5O4S2. The van der Waals surface area contributed by atoms with Crippen LogP contribution in [-0.2, 0) is 26.8 Å². The summed E-state index contributed by atoms with van der Waals surface area (Å²) in [4.78, 5) is 0.159. The van der Waals surface area contributed by atoms with Crippen LogP contribution in [0, 0.1) is 0 Å². The van der Waals surface area contributed by atoms with E-state index in [0.717, 1.165) is 19.3 Å². The van der Waals surface area contributed by atoms with E-state index in [1.807, 2.05) is 6.92 Å². The van der Waals surface area contributed by atoms with Gasteiger partial charge < -0.3 is 0 Å². The van der Waals surface area contributed by atoms with E-state index in [2.05, 4.69) is 5.10 Å². The van der Waals surface area contributed by atoms with E-state index in [4.69, 9.17) is 0 Å². The average Bonchev–Trinajstić information content (AvgIpc) is 2.99. The quantitative estimate of drug-likeness (QED) is 0.703. The summed E-state index contributed by atoms with van der Waals surface area (Å²) in [5, 5.41) is 4.03. The van der Waals surface area contributed by atoms with Crippen LogP contribution in [-0.4, -0.2) is 78.8 Å². The molecule has 0 unspecified atom stereocenters. The molecule has 0 aromatic carbocycles. The molecule has 3 heterocycles. The Labute approximate surface area is 155 Å². The molecule has 0 amide bonds. The number of piperidine rings is 1. The molecule has 9 nitrogen and oxygen atoms in total.